The summed E-state index contributed by atoms with van der Waals surface area (Å²) in [6.45, 7) is 4.86. The van der Waals surface area contributed by atoms with Crippen molar-refractivity contribution < 1.29 is 23.8 Å². The first-order chi connectivity index (χ1) is 15.1. The number of benzene rings is 2. The Morgan fingerprint density at radius 3 is 2.94 bits per heavy atom. The predicted molar refractivity (Wildman–Crippen MR) is 114 cm³/mol. The topological polar surface area (TPSA) is 89.1 Å². The largest absolute Gasteiger partial charge is 0.494 e. The Labute approximate surface area is 181 Å². The van der Waals surface area contributed by atoms with Crippen molar-refractivity contribution in [2.45, 2.75) is 32.5 Å². The average molecular weight is 425 g/mol. The fourth-order valence-electron chi connectivity index (χ4n) is 3.82. The zero-order valence-corrected chi connectivity index (χ0v) is 17.6. The van der Waals surface area contributed by atoms with Gasteiger partial charge < -0.3 is 24.8 Å². The van der Waals surface area contributed by atoms with Crippen LogP contribution in [0.3, 0.4) is 0 Å². The molecule has 2 aromatic rings. The summed E-state index contributed by atoms with van der Waals surface area (Å²) in [6.07, 6.45) is 0.0905. The summed E-state index contributed by atoms with van der Waals surface area (Å²) in [7, 11) is 0. The summed E-state index contributed by atoms with van der Waals surface area (Å²) >= 11 is 0. The minimum atomic E-state index is -0.528. The molecular weight excluding hydrogens is 398 g/mol. The number of nitrogens with zero attached hydrogens (tertiary/aromatic N) is 1. The maximum atomic E-state index is 12.6. The normalized spacial score (nSPS) is 17.8. The molecule has 2 aliphatic rings. The van der Waals surface area contributed by atoms with Crippen LogP contribution < -0.4 is 24.8 Å². The van der Waals surface area contributed by atoms with Gasteiger partial charge in [0.05, 0.1) is 19.1 Å². The molecule has 1 fully saturated rings. The highest BCUT2D eigenvalue weighted by Crippen LogP contribution is 2.32. The molecule has 0 radical (unpaired) electrons. The molecule has 1 saturated heterocycles. The van der Waals surface area contributed by atoms with Crippen LogP contribution in [-0.2, 0) is 22.7 Å². The third-order valence-corrected chi connectivity index (χ3v) is 5.39. The van der Waals surface area contributed by atoms with Gasteiger partial charge in [0.25, 0.3) is 0 Å². The number of ether oxygens (including phenoxy) is 3. The van der Waals surface area contributed by atoms with Crippen molar-refractivity contribution in [1.29, 1.82) is 0 Å². The van der Waals surface area contributed by atoms with Gasteiger partial charge in [0.1, 0.15) is 5.75 Å². The Bertz CT molecular complexity index is 949. The number of piperazine rings is 1. The van der Waals surface area contributed by atoms with E-state index in [4.69, 9.17) is 14.2 Å². The predicted octanol–water partition coefficient (Wildman–Crippen LogP) is 1.82. The highest BCUT2D eigenvalue weighted by atomic mass is 16.7. The smallest absolute Gasteiger partial charge is 0.237 e. The third kappa shape index (κ3) is 5.08. The van der Waals surface area contributed by atoms with Gasteiger partial charge in [-0.3, -0.25) is 14.5 Å². The van der Waals surface area contributed by atoms with E-state index < -0.39 is 6.04 Å². The number of carbonyl (C=O) groups excluding carboxylic acids is 2. The second-order valence-electron chi connectivity index (χ2n) is 7.49. The van der Waals surface area contributed by atoms with Crippen molar-refractivity contribution in [3.8, 4) is 17.2 Å². The molecule has 2 amide bonds. The molecule has 2 N–H and O–H groups in total. The monoisotopic (exact) mass is 425 g/mol. The van der Waals surface area contributed by atoms with Gasteiger partial charge in [0, 0.05) is 31.7 Å². The van der Waals surface area contributed by atoms with E-state index in [1.54, 1.807) is 0 Å². The maximum Gasteiger partial charge on any atom is 0.237 e. The molecule has 0 aliphatic carbocycles. The van der Waals surface area contributed by atoms with Crippen LogP contribution in [-0.4, -0.2) is 49.2 Å². The molecule has 8 heteroatoms. The van der Waals surface area contributed by atoms with Crippen LogP contribution in [0, 0.1) is 0 Å². The number of rotatable bonds is 8. The van der Waals surface area contributed by atoms with Crippen LogP contribution >= 0.6 is 0 Å². The van der Waals surface area contributed by atoms with Crippen LogP contribution in [0.25, 0.3) is 0 Å². The summed E-state index contributed by atoms with van der Waals surface area (Å²) in [5, 5.41) is 5.78. The molecule has 0 spiro atoms. The minimum Gasteiger partial charge on any atom is -0.494 e. The van der Waals surface area contributed by atoms with E-state index in [2.05, 4.69) is 10.6 Å². The fraction of sp³-hybridized carbons (Fsp3) is 0.391. The number of hydrogen-bond donors (Lipinski definition) is 2. The molecular formula is C23H27N3O5. The molecule has 4 rings (SSSR count). The zero-order valence-electron chi connectivity index (χ0n) is 17.6. The fourth-order valence-corrected chi connectivity index (χ4v) is 3.82. The van der Waals surface area contributed by atoms with E-state index in [0.29, 0.717) is 44.3 Å². The standard InChI is InChI=1S/C23H27N3O5/c1-2-29-19-6-4-3-5-17(19)14-26-10-9-24-23(28)18(26)12-22(27)25-13-16-7-8-20-21(11-16)31-15-30-20/h3-8,11,18H,2,9-10,12-15H2,1H3,(H,24,28)(H,25,27). The van der Waals surface area contributed by atoms with E-state index >= 15 is 0 Å². The first-order valence-corrected chi connectivity index (χ1v) is 10.5. The molecule has 8 nitrogen and oxygen atoms in total. The first kappa shape index (κ1) is 21.0. The molecule has 0 bridgehead atoms. The van der Waals surface area contributed by atoms with Crippen molar-refractivity contribution in [3.63, 3.8) is 0 Å². The molecule has 0 aromatic heterocycles. The molecule has 2 aromatic carbocycles. The van der Waals surface area contributed by atoms with Crippen LogP contribution in [0.5, 0.6) is 17.2 Å². The lowest BCUT2D eigenvalue weighted by Gasteiger charge is -2.35. The number of carbonyl (C=O) groups is 2. The molecule has 1 atom stereocenters. The summed E-state index contributed by atoms with van der Waals surface area (Å²) in [6, 6.07) is 12.8. The van der Waals surface area contributed by atoms with Gasteiger partial charge >= 0.3 is 0 Å². The third-order valence-electron chi connectivity index (χ3n) is 5.39. The maximum absolute atomic E-state index is 12.6. The van der Waals surface area contributed by atoms with Crippen molar-refractivity contribution in [3.05, 3.63) is 53.6 Å². The van der Waals surface area contributed by atoms with E-state index in [-0.39, 0.29) is 25.0 Å². The minimum absolute atomic E-state index is 0.0905. The van der Waals surface area contributed by atoms with Crippen LogP contribution in [0.4, 0.5) is 0 Å². The second-order valence-corrected chi connectivity index (χ2v) is 7.49. The highest BCUT2D eigenvalue weighted by Gasteiger charge is 2.32. The van der Waals surface area contributed by atoms with Gasteiger partial charge in [-0.05, 0) is 30.7 Å². The van der Waals surface area contributed by atoms with E-state index in [1.807, 2.05) is 54.3 Å². The summed E-state index contributed by atoms with van der Waals surface area (Å²) in [5.74, 6) is 1.89. The number of para-hydroxylation sites is 1. The lowest BCUT2D eigenvalue weighted by Crippen LogP contribution is -2.56. The Balaban J connectivity index is 1.38. The Morgan fingerprint density at radius 1 is 1.23 bits per heavy atom. The van der Waals surface area contributed by atoms with Crippen molar-refractivity contribution in [1.82, 2.24) is 15.5 Å². The number of nitrogens with one attached hydrogen (secondary N) is 2. The molecule has 1 unspecified atom stereocenters. The zero-order chi connectivity index (χ0) is 21.6. The van der Waals surface area contributed by atoms with Gasteiger partial charge in [-0.2, -0.15) is 0 Å². The Hall–Kier alpha value is -3.26. The van der Waals surface area contributed by atoms with Crippen molar-refractivity contribution in [2.24, 2.45) is 0 Å². The van der Waals surface area contributed by atoms with Gasteiger partial charge in [-0.1, -0.05) is 24.3 Å². The summed E-state index contributed by atoms with van der Waals surface area (Å²) in [4.78, 5) is 27.2. The van der Waals surface area contributed by atoms with Gasteiger partial charge in [0.2, 0.25) is 18.6 Å². The molecule has 164 valence electrons. The molecule has 31 heavy (non-hydrogen) atoms. The lowest BCUT2D eigenvalue weighted by molar-refractivity contribution is -0.134. The van der Waals surface area contributed by atoms with E-state index in [9.17, 15) is 9.59 Å². The molecule has 0 saturated carbocycles. The van der Waals surface area contributed by atoms with Crippen molar-refractivity contribution >= 4 is 11.8 Å². The SMILES string of the molecule is CCOc1ccccc1CN1CCNC(=O)C1CC(=O)NCc1ccc2c(c1)OCO2. The number of amides is 2. The lowest BCUT2D eigenvalue weighted by atomic mass is 10.1. The number of fused-ring (bicyclic) bond motifs is 1. The molecule has 2 heterocycles. The molecule has 2 aliphatic heterocycles. The van der Waals surface area contributed by atoms with Crippen LogP contribution in [0.1, 0.15) is 24.5 Å². The van der Waals surface area contributed by atoms with E-state index in [1.165, 1.54) is 0 Å². The van der Waals surface area contributed by atoms with Gasteiger partial charge in [-0.25, -0.2) is 0 Å². The Kier molecular flexibility index (Phi) is 6.57. The quantitative estimate of drug-likeness (QED) is 0.671. The summed E-state index contributed by atoms with van der Waals surface area (Å²) < 4.78 is 16.4. The van der Waals surface area contributed by atoms with Crippen LogP contribution in [0.15, 0.2) is 42.5 Å². The summed E-state index contributed by atoms with van der Waals surface area (Å²) in [5.41, 5.74) is 1.91. The van der Waals surface area contributed by atoms with Crippen LogP contribution in [0.2, 0.25) is 0 Å². The average Bonchev–Trinajstić information content (AvgIpc) is 3.24. The Morgan fingerprint density at radius 2 is 2.06 bits per heavy atom. The second kappa shape index (κ2) is 9.70. The highest BCUT2D eigenvalue weighted by molar-refractivity contribution is 5.88. The van der Waals surface area contributed by atoms with Crippen molar-refractivity contribution in [2.75, 3.05) is 26.5 Å². The van der Waals surface area contributed by atoms with Gasteiger partial charge in [-0.15, -0.1) is 0 Å². The number of hydrogen-bond acceptors (Lipinski definition) is 6. The van der Waals surface area contributed by atoms with E-state index in [0.717, 1.165) is 16.9 Å². The first-order valence-electron chi connectivity index (χ1n) is 10.5. The van der Waals surface area contributed by atoms with Gasteiger partial charge in [0.15, 0.2) is 11.5 Å².